The monoisotopic (exact) mass is 304 g/mol. The largest absolute Gasteiger partial charge is 0.337 e. The molecule has 0 N–H and O–H groups in total. The Bertz CT molecular complexity index is 845. The molecule has 0 radical (unpaired) electrons. The molecule has 0 aliphatic carbocycles. The van der Waals surface area contributed by atoms with Crippen LogP contribution in [0.1, 0.15) is 5.56 Å². The fourth-order valence-electron chi connectivity index (χ4n) is 2.37. The number of aromatic nitrogens is 1. The first-order chi connectivity index (χ1) is 10.1. The van der Waals surface area contributed by atoms with E-state index < -0.39 is 10.7 Å². The number of para-hydroxylation sites is 1. The van der Waals surface area contributed by atoms with Crippen LogP contribution in [0, 0.1) is 15.9 Å². The lowest BCUT2D eigenvalue weighted by molar-refractivity contribution is -0.383. The van der Waals surface area contributed by atoms with Crippen LogP contribution in [-0.4, -0.2) is 9.49 Å². The number of non-ortho nitro benzene ring substituents is 1. The van der Waals surface area contributed by atoms with Gasteiger partial charge in [-0.1, -0.05) is 35.9 Å². The molecule has 0 amide bonds. The third kappa shape index (κ3) is 2.36. The Labute approximate surface area is 124 Å². The van der Waals surface area contributed by atoms with Gasteiger partial charge in [-0.15, -0.1) is 0 Å². The van der Waals surface area contributed by atoms with Crippen molar-refractivity contribution in [1.29, 1.82) is 0 Å². The maximum Gasteiger partial charge on any atom is 0.293 e. The number of nitro benzene ring substituents is 1. The van der Waals surface area contributed by atoms with Gasteiger partial charge in [0.15, 0.2) is 0 Å². The van der Waals surface area contributed by atoms with E-state index in [1.165, 1.54) is 12.1 Å². The first-order valence-electron chi connectivity index (χ1n) is 6.23. The Balaban J connectivity index is 2.13. The molecule has 3 rings (SSSR count). The van der Waals surface area contributed by atoms with Crippen molar-refractivity contribution in [3.63, 3.8) is 0 Å². The molecule has 0 spiro atoms. The van der Waals surface area contributed by atoms with Crippen molar-refractivity contribution in [3.05, 3.63) is 75.2 Å². The van der Waals surface area contributed by atoms with Crippen LogP contribution in [0.3, 0.4) is 0 Å². The quantitative estimate of drug-likeness (QED) is 0.532. The second-order valence-electron chi connectivity index (χ2n) is 4.63. The smallest absolute Gasteiger partial charge is 0.293 e. The number of halogens is 2. The topological polar surface area (TPSA) is 48.1 Å². The average molecular weight is 305 g/mol. The summed E-state index contributed by atoms with van der Waals surface area (Å²) >= 11 is 5.94. The van der Waals surface area contributed by atoms with Gasteiger partial charge in [0.1, 0.15) is 11.3 Å². The summed E-state index contributed by atoms with van der Waals surface area (Å²) in [6, 6.07) is 11.2. The van der Waals surface area contributed by atoms with E-state index in [9.17, 15) is 14.5 Å². The summed E-state index contributed by atoms with van der Waals surface area (Å²) in [5.74, 6) is -0.500. The lowest BCUT2D eigenvalue weighted by Gasteiger charge is -2.08. The van der Waals surface area contributed by atoms with Crippen LogP contribution in [0.25, 0.3) is 10.9 Å². The molecular formula is C15H10ClFN2O2. The SMILES string of the molecule is O=[N+]([O-])c1cccc2ccn(Cc3cccc(F)c3Cl)c12. The molecule has 4 nitrogen and oxygen atoms in total. The third-order valence-corrected chi connectivity index (χ3v) is 3.76. The van der Waals surface area contributed by atoms with Crippen molar-refractivity contribution < 1.29 is 9.31 Å². The number of hydrogen-bond donors (Lipinski definition) is 0. The van der Waals surface area contributed by atoms with Gasteiger partial charge in [0.05, 0.1) is 9.95 Å². The highest BCUT2D eigenvalue weighted by atomic mass is 35.5. The van der Waals surface area contributed by atoms with Crippen molar-refractivity contribution in [2.24, 2.45) is 0 Å². The van der Waals surface area contributed by atoms with Crippen molar-refractivity contribution in [2.45, 2.75) is 6.54 Å². The molecule has 0 fully saturated rings. The lowest BCUT2D eigenvalue weighted by Crippen LogP contribution is -2.01. The number of rotatable bonds is 3. The van der Waals surface area contributed by atoms with E-state index in [0.29, 0.717) is 11.1 Å². The van der Waals surface area contributed by atoms with Crippen LogP contribution >= 0.6 is 11.6 Å². The van der Waals surface area contributed by atoms with Gasteiger partial charge in [-0.2, -0.15) is 0 Å². The summed E-state index contributed by atoms with van der Waals surface area (Å²) in [6.07, 6.45) is 1.74. The van der Waals surface area contributed by atoms with E-state index >= 15 is 0 Å². The lowest BCUT2D eigenvalue weighted by atomic mass is 10.2. The predicted molar refractivity (Wildman–Crippen MR) is 79.1 cm³/mol. The first kappa shape index (κ1) is 13.6. The first-order valence-corrected chi connectivity index (χ1v) is 6.61. The van der Waals surface area contributed by atoms with Gasteiger partial charge in [0, 0.05) is 24.2 Å². The summed E-state index contributed by atoms with van der Waals surface area (Å²) in [6.45, 7) is 0.269. The van der Waals surface area contributed by atoms with Crippen molar-refractivity contribution in [3.8, 4) is 0 Å². The van der Waals surface area contributed by atoms with E-state index in [4.69, 9.17) is 11.6 Å². The van der Waals surface area contributed by atoms with Crippen LogP contribution in [-0.2, 0) is 6.54 Å². The van der Waals surface area contributed by atoms with Crippen LogP contribution in [0.2, 0.25) is 5.02 Å². The Morgan fingerprint density at radius 1 is 1.19 bits per heavy atom. The number of nitrogens with zero attached hydrogens (tertiary/aromatic N) is 2. The van der Waals surface area contributed by atoms with Gasteiger partial charge in [-0.05, 0) is 17.7 Å². The minimum absolute atomic E-state index is 0.0185. The summed E-state index contributed by atoms with van der Waals surface area (Å²) in [5.41, 5.74) is 1.10. The van der Waals surface area contributed by atoms with E-state index in [-0.39, 0.29) is 17.3 Å². The molecule has 0 saturated heterocycles. The van der Waals surface area contributed by atoms with E-state index in [1.54, 1.807) is 41.1 Å². The summed E-state index contributed by atoms with van der Waals surface area (Å²) in [4.78, 5) is 10.7. The molecule has 0 unspecified atom stereocenters. The molecule has 0 saturated carbocycles. The molecule has 1 heterocycles. The van der Waals surface area contributed by atoms with E-state index in [2.05, 4.69) is 0 Å². The standard InChI is InChI=1S/C15H10ClFN2O2/c16-14-11(4-1-5-12(14)17)9-18-8-7-10-3-2-6-13(15(10)18)19(20)21/h1-8H,9H2. The predicted octanol–water partition coefficient (Wildman–Crippen LogP) is 4.39. The van der Waals surface area contributed by atoms with Gasteiger partial charge in [-0.3, -0.25) is 10.1 Å². The van der Waals surface area contributed by atoms with Crippen LogP contribution in [0.5, 0.6) is 0 Å². The summed E-state index contributed by atoms with van der Waals surface area (Å²) < 4.78 is 15.2. The van der Waals surface area contributed by atoms with Crippen LogP contribution in [0.4, 0.5) is 10.1 Å². The molecule has 1 aromatic heterocycles. The zero-order chi connectivity index (χ0) is 15.0. The fraction of sp³-hybridized carbons (Fsp3) is 0.0667. The van der Waals surface area contributed by atoms with Crippen molar-refractivity contribution in [1.82, 2.24) is 4.57 Å². The van der Waals surface area contributed by atoms with Gasteiger partial charge >= 0.3 is 0 Å². The van der Waals surface area contributed by atoms with Gasteiger partial charge in [0.2, 0.25) is 0 Å². The minimum Gasteiger partial charge on any atom is -0.337 e. The molecule has 6 heteroatoms. The zero-order valence-corrected chi connectivity index (χ0v) is 11.5. The van der Waals surface area contributed by atoms with Crippen LogP contribution < -0.4 is 0 Å². The average Bonchev–Trinajstić information content (AvgIpc) is 2.87. The molecule has 0 aliphatic heterocycles. The molecule has 2 aromatic carbocycles. The highest BCUT2D eigenvalue weighted by molar-refractivity contribution is 6.31. The minimum atomic E-state index is -0.500. The molecule has 0 aliphatic rings. The van der Waals surface area contributed by atoms with E-state index in [0.717, 1.165) is 5.39 Å². The number of nitro groups is 1. The Morgan fingerprint density at radius 2 is 1.95 bits per heavy atom. The van der Waals surface area contributed by atoms with Gasteiger partial charge < -0.3 is 4.57 Å². The molecule has 0 atom stereocenters. The summed E-state index contributed by atoms with van der Waals surface area (Å²) in [5, 5.41) is 11.9. The Morgan fingerprint density at radius 3 is 2.71 bits per heavy atom. The summed E-state index contributed by atoms with van der Waals surface area (Å²) in [7, 11) is 0. The van der Waals surface area contributed by atoms with Crippen molar-refractivity contribution >= 4 is 28.2 Å². The third-order valence-electron chi connectivity index (χ3n) is 3.34. The van der Waals surface area contributed by atoms with Crippen molar-refractivity contribution in [2.75, 3.05) is 0 Å². The second kappa shape index (κ2) is 5.18. The number of benzene rings is 2. The zero-order valence-electron chi connectivity index (χ0n) is 10.8. The number of hydrogen-bond acceptors (Lipinski definition) is 2. The number of fused-ring (bicyclic) bond motifs is 1. The van der Waals surface area contributed by atoms with E-state index in [1.807, 2.05) is 0 Å². The molecule has 21 heavy (non-hydrogen) atoms. The van der Waals surface area contributed by atoms with Gasteiger partial charge in [-0.25, -0.2) is 4.39 Å². The van der Waals surface area contributed by atoms with Crippen LogP contribution in [0.15, 0.2) is 48.7 Å². The fourth-order valence-corrected chi connectivity index (χ4v) is 2.56. The second-order valence-corrected chi connectivity index (χ2v) is 5.01. The molecular weight excluding hydrogens is 295 g/mol. The normalized spacial score (nSPS) is 11.0. The Kier molecular flexibility index (Phi) is 3.35. The maximum absolute atomic E-state index is 13.5. The Hall–Kier alpha value is -2.40. The molecule has 106 valence electrons. The highest BCUT2D eigenvalue weighted by Gasteiger charge is 2.16. The molecule has 3 aromatic rings. The highest BCUT2D eigenvalue weighted by Crippen LogP contribution is 2.28. The molecule has 0 bridgehead atoms. The van der Waals surface area contributed by atoms with Gasteiger partial charge in [0.25, 0.3) is 5.69 Å². The maximum atomic E-state index is 13.5.